The number of ether oxygens (including phenoxy) is 1. The Morgan fingerprint density at radius 1 is 1.27 bits per heavy atom. The Morgan fingerprint density at radius 2 is 1.73 bits per heavy atom. The van der Waals surface area contributed by atoms with E-state index in [9.17, 15) is 8.42 Å². The third kappa shape index (κ3) is 8.05. The Morgan fingerprint density at radius 3 is 2.07 bits per heavy atom. The average Bonchev–Trinajstić information content (AvgIpc) is 2.01. The van der Waals surface area contributed by atoms with Crippen LogP contribution in [-0.4, -0.2) is 26.9 Å². The van der Waals surface area contributed by atoms with Gasteiger partial charge in [0.05, 0.1) is 18.5 Å². The first-order valence-electron chi connectivity index (χ1n) is 5.24. The molecule has 0 N–H and O–H groups in total. The molecule has 0 aliphatic rings. The maximum absolute atomic E-state index is 10.9. The molecule has 0 bridgehead atoms. The van der Waals surface area contributed by atoms with Crippen molar-refractivity contribution in [2.75, 3.05) is 12.4 Å². The SMILES string of the molecule is CCC(CC)OCC(C)(C)CS(=O)(=O)Cl. The maximum atomic E-state index is 10.9. The molecule has 0 aromatic rings. The highest BCUT2D eigenvalue weighted by molar-refractivity contribution is 8.13. The van der Waals surface area contributed by atoms with Crippen LogP contribution in [0, 0.1) is 5.41 Å². The zero-order chi connectivity index (χ0) is 12.1. The zero-order valence-electron chi connectivity index (χ0n) is 9.92. The van der Waals surface area contributed by atoms with Crippen molar-refractivity contribution < 1.29 is 13.2 Å². The first-order valence-corrected chi connectivity index (χ1v) is 7.72. The Labute approximate surface area is 97.6 Å². The van der Waals surface area contributed by atoms with Crippen LogP contribution in [0.3, 0.4) is 0 Å². The number of hydrogen-bond acceptors (Lipinski definition) is 3. The molecule has 0 fully saturated rings. The van der Waals surface area contributed by atoms with Crippen molar-refractivity contribution >= 4 is 19.7 Å². The van der Waals surface area contributed by atoms with E-state index in [1.165, 1.54) is 0 Å². The van der Waals surface area contributed by atoms with E-state index in [0.717, 1.165) is 12.8 Å². The highest BCUT2D eigenvalue weighted by atomic mass is 35.7. The molecule has 5 heteroatoms. The average molecular weight is 257 g/mol. The lowest BCUT2D eigenvalue weighted by Crippen LogP contribution is -2.29. The van der Waals surface area contributed by atoms with Crippen LogP contribution in [0.15, 0.2) is 0 Å². The van der Waals surface area contributed by atoms with Crippen molar-refractivity contribution in [1.82, 2.24) is 0 Å². The van der Waals surface area contributed by atoms with Gasteiger partial charge in [-0.05, 0) is 12.8 Å². The lowest BCUT2D eigenvalue weighted by molar-refractivity contribution is 0.00622. The molecule has 0 saturated carbocycles. The summed E-state index contributed by atoms with van der Waals surface area (Å²) in [5.41, 5.74) is -0.427. The molecule has 0 atom stereocenters. The van der Waals surface area contributed by atoms with E-state index < -0.39 is 14.5 Å². The fourth-order valence-corrected chi connectivity index (χ4v) is 3.28. The second-order valence-corrected chi connectivity index (χ2v) is 7.37. The van der Waals surface area contributed by atoms with E-state index >= 15 is 0 Å². The van der Waals surface area contributed by atoms with Crippen LogP contribution >= 0.6 is 10.7 Å². The van der Waals surface area contributed by atoms with Gasteiger partial charge in [0, 0.05) is 16.1 Å². The molecule has 0 aliphatic carbocycles. The highest BCUT2D eigenvalue weighted by Crippen LogP contribution is 2.21. The minimum atomic E-state index is -3.45. The predicted octanol–water partition coefficient (Wildman–Crippen LogP) is 2.79. The summed E-state index contributed by atoms with van der Waals surface area (Å²) in [5.74, 6) is -0.0539. The zero-order valence-corrected chi connectivity index (χ0v) is 11.5. The Hall–Kier alpha value is 0.200. The maximum Gasteiger partial charge on any atom is 0.233 e. The molecule has 0 rings (SSSR count). The first-order chi connectivity index (χ1) is 6.70. The summed E-state index contributed by atoms with van der Waals surface area (Å²) in [7, 11) is 1.77. The van der Waals surface area contributed by atoms with Crippen molar-refractivity contribution in [3.8, 4) is 0 Å². The molecule has 0 heterocycles. The molecule has 92 valence electrons. The van der Waals surface area contributed by atoms with Crippen LogP contribution in [0.2, 0.25) is 0 Å². The molecule has 0 unspecified atom stereocenters. The van der Waals surface area contributed by atoms with Crippen molar-refractivity contribution in [1.29, 1.82) is 0 Å². The Balaban J connectivity index is 4.15. The third-order valence-electron chi connectivity index (χ3n) is 2.18. The van der Waals surface area contributed by atoms with Gasteiger partial charge >= 0.3 is 0 Å². The van der Waals surface area contributed by atoms with Gasteiger partial charge in [0.15, 0.2) is 0 Å². The molecule has 0 radical (unpaired) electrons. The van der Waals surface area contributed by atoms with Crippen LogP contribution in [0.25, 0.3) is 0 Å². The van der Waals surface area contributed by atoms with Gasteiger partial charge in [-0.15, -0.1) is 0 Å². The molecule has 15 heavy (non-hydrogen) atoms. The summed E-state index contributed by atoms with van der Waals surface area (Å²) in [4.78, 5) is 0. The van der Waals surface area contributed by atoms with Crippen LogP contribution in [0.4, 0.5) is 0 Å². The summed E-state index contributed by atoms with van der Waals surface area (Å²) in [6, 6.07) is 0. The van der Waals surface area contributed by atoms with Gasteiger partial charge in [-0.2, -0.15) is 0 Å². The number of hydrogen-bond donors (Lipinski definition) is 0. The number of halogens is 1. The Kier molecular flexibility index (Phi) is 6.14. The van der Waals surface area contributed by atoms with Crippen LogP contribution in [0.5, 0.6) is 0 Å². The second kappa shape index (κ2) is 6.06. The van der Waals surface area contributed by atoms with Gasteiger partial charge in [-0.3, -0.25) is 0 Å². The minimum absolute atomic E-state index is 0.0539. The summed E-state index contributed by atoms with van der Waals surface area (Å²) < 4.78 is 27.5. The van der Waals surface area contributed by atoms with E-state index in [1.54, 1.807) is 0 Å². The molecule has 0 spiro atoms. The third-order valence-corrected chi connectivity index (χ3v) is 3.64. The fourth-order valence-electron chi connectivity index (χ4n) is 1.38. The topological polar surface area (TPSA) is 43.4 Å². The standard InChI is InChI=1S/C10H21ClO3S/c1-5-9(6-2)14-7-10(3,4)8-15(11,12)13/h9H,5-8H2,1-4H3. The molecular weight excluding hydrogens is 236 g/mol. The van der Waals surface area contributed by atoms with E-state index in [4.69, 9.17) is 15.4 Å². The van der Waals surface area contributed by atoms with E-state index in [2.05, 4.69) is 13.8 Å². The van der Waals surface area contributed by atoms with Gasteiger partial charge < -0.3 is 4.74 Å². The molecule has 0 saturated heterocycles. The van der Waals surface area contributed by atoms with Gasteiger partial charge in [0.2, 0.25) is 9.05 Å². The molecule has 0 aromatic carbocycles. The lowest BCUT2D eigenvalue weighted by atomic mass is 9.98. The fraction of sp³-hybridized carbons (Fsp3) is 1.00. The van der Waals surface area contributed by atoms with Gasteiger partial charge in [0.25, 0.3) is 0 Å². The smallest absolute Gasteiger partial charge is 0.233 e. The van der Waals surface area contributed by atoms with Gasteiger partial charge in [-0.1, -0.05) is 27.7 Å². The van der Waals surface area contributed by atoms with E-state index in [1.807, 2.05) is 13.8 Å². The summed E-state index contributed by atoms with van der Waals surface area (Å²) in [6.45, 7) is 8.22. The molecule has 0 aromatic heterocycles. The number of rotatable bonds is 7. The normalized spacial score (nSPS) is 13.5. The van der Waals surface area contributed by atoms with E-state index in [-0.39, 0.29) is 11.9 Å². The molecule has 0 aliphatic heterocycles. The predicted molar refractivity (Wildman–Crippen MR) is 63.7 cm³/mol. The second-order valence-electron chi connectivity index (χ2n) is 4.60. The van der Waals surface area contributed by atoms with Crippen LogP contribution < -0.4 is 0 Å². The van der Waals surface area contributed by atoms with Crippen LogP contribution in [0.1, 0.15) is 40.5 Å². The van der Waals surface area contributed by atoms with Crippen LogP contribution in [-0.2, 0) is 13.8 Å². The van der Waals surface area contributed by atoms with Crippen molar-refractivity contribution in [3.05, 3.63) is 0 Å². The first kappa shape index (κ1) is 15.2. The largest absolute Gasteiger partial charge is 0.378 e. The van der Waals surface area contributed by atoms with Crippen molar-refractivity contribution in [2.24, 2.45) is 5.41 Å². The lowest BCUT2D eigenvalue weighted by Gasteiger charge is -2.25. The quantitative estimate of drug-likeness (QED) is 0.658. The van der Waals surface area contributed by atoms with Crippen molar-refractivity contribution in [3.63, 3.8) is 0 Å². The molecule has 0 amide bonds. The Bertz CT molecular complexity index is 268. The van der Waals surface area contributed by atoms with Crippen molar-refractivity contribution in [2.45, 2.75) is 46.6 Å². The summed E-state index contributed by atoms with van der Waals surface area (Å²) in [6.07, 6.45) is 2.10. The van der Waals surface area contributed by atoms with Gasteiger partial charge in [-0.25, -0.2) is 8.42 Å². The van der Waals surface area contributed by atoms with E-state index in [0.29, 0.717) is 6.61 Å². The summed E-state index contributed by atoms with van der Waals surface area (Å²) >= 11 is 0. The highest BCUT2D eigenvalue weighted by Gasteiger charge is 2.26. The monoisotopic (exact) mass is 256 g/mol. The summed E-state index contributed by atoms with van der Waals surface area (Å²) in [5, 5.41) is 0. The molecular formula is C10H21ClO3S. The molecule has 3 nitrogen and oxygen atoms in total. The van der Waals surface area contributed by atoms with Gasteiger partial charge in [0.1, 0.15) is 0 Å². The minimum Gasteiger partial charge on any atom is -0.378 e.